The van der Waals surface area contributed by atoms with Gasteiger partial charge in [0.1, 0.15) is 5.69 Å². The molecule has 3 N–H and O–H groups in total. The molecule has 0 fully saturated rings. The number of carbonyl (C=O) groups excluding carboxylic acids is 1. The summed E-state index contributed by atoms with van der Waals surface area (Å²) in [6.07, 6.45) is 0.758. The Kier molecular flexibility index (Phi) is 4.62. The number of carbonyl (C=O) groups is 1. The molecule has 0 saturated heterocycles. The fraction of sp³-hybridized carbons (Fsp3) is 0.556. The highest BCUT2D eigenvalue weighted by Gasteiger charge is 2.06. The van der Waals surface area contributed by atoms with Gasteiger partial charge in [0.15, 0.2) is 0 Å². The Morgan fingerprint density at radius 1 is 1.53 bits per heavy atom. The van der Waals surface area contributed by atoms with E-state index in [-0.39, 0.29) is 17.2 Å². The van der Waals surface area contributed by atoms with Gasteiger partial charge in [0.25, 0.3) is 11.5 Å². The Bertz CT molecular complexity index is 355. The van der Waals surface area contributed by atoms with Crippen molar-refractivity contribution in [1.82, 2.24) is 15.5 Å². The summed E-state index contributed by atoms with van der Waals surface area (Å²) in [4.78, 5) is 22.1. The fourth-order valence-corrected chi connectivity index (χ4v) is 1.07. The Morgan fingerprint density at radius 3 is 2.93 bits per heavy atom. The van der Waals surface area contributed by atoms with E-state index in [4.69, 9.17) is 4.74 Å². The first-order chi connectivity index (χ1) is 7.24. The van der Waals surface area contributed by atoms with Crippen LogP contribution in [0.4, 0.5) is 0 Å². The van der Waals surface area contributed by atoms with Crippen LogP contribution in [0.5, 0.6) is 0 Å². The molecule has 0 atom stereocenters. The maximum atomic E-state index is 11.3. The summed E-state index contributed by atoms with van der Waals surface area (Å²) in [6.45, 7) is 3.76. The molecular formula is C9H15N3O3. The average molecular weight is 213 g/mol. The molecule has 15 heavy (non-hydrogen) atoms. The molecule has 6 heteroatoms. The van der Waals surface area contributed by atoms with E-state index in [1.54, 1.807) is 0 Å². The molecule has 84 valence electrons. The molecule has 0 spiro atoms. The van der Waals surface area contributed by atoms with Crippen LogP contribution >= 0.6 is 0 Å². The molecule has 1 amide bonds. The van der Waals surface area contributed by atoms with Gasteiger partial charge in [-0.2, -0.15) is 0 Å². The van der Waals surface area contributed by atoms with E-state index in [0.29, 0.717) is 19.8 Å². The minimum Gasteiger partial charge on any atom is -0.382 e. The Labute approximate surface area is 87.0 Å². The van der Waals surface area contributed by atoms with Crippen LogP contribution in [-0.2, 0) is 4.74 Å². The summed E-state index contributed by atoms with van der Waals surface area (Å²) in [6, 6.07) is 1.22. The van der Waals surface area contributed by atoms with Crippen molar-refractivity contribution in [2.75, 3.05) is 19.8 Å². The van der Waals surface area contributed by atoms with Crippen LogP contribution in [0.15, 0.2) is 10.9 Å². The Hall–Kier alpha value is -1.56. The predicted octanol–water partition coefficient (Wildman–Crippen LogP) is -0.141. The number of hydrogen-bond acceptors (Lipinski definition) is 3. The lowest BCUT2D eigenvalue weighted by molar-refractivity contribution is 0.0939. The molecule has 0 aliphatic carbocycles. The van der Waals surface area contributed by atoms with Crippen molar-refractivity contribution in [2.24, 2.45) is 0 Å². The van der Waals surface area contributed by atoms with Crippen molar-refractivity contribution in [3.05, 3.63) is 22.1 Å². The average Bonchev–Trinajstić information content (AvgIpc) is 2.64. The summed E-state index contributed by atoms with van der Waals surface area (Å²) in [5.41, 5.74) is -0.0640. The number of hydrogen-bond donors (Lipinski definition) is 3. The summed E-state index contributed by atoms with van der Waals surface area (Å²) < 4.78 is 5.11. The lowest BCUT2D eigenvalue weighted by atomic mass is 10.4. The van der Waals surface area contributed by atoms with E-state index in [2.05, 4.69) is 15.5 Å². The van der Waals surface area contributed by atoms with E-state index in [0.717, 1.165) is 6.42 Å². The maximum Gasteiger partial charge on any atom is 0.269 e. The van der Waals surface area contributed by atoms with Crippen molar-refractivity contribution in [2.45, 2.75) is 13.3 Å². The summed E-state index contributed by atoms with van der Waals surface area (Å²) >= 11 is 0. The van der Waals surface area contributed by atoms with Crippen molar-refractivity contribution < 1.29 is 9.53 Å². The molecule has 0 unspecified atom stereocenters. The van der Waals surface area contributed by atoms with Crippen LogP contribution in [0.3, 0.4) is 0 Å². The minimum absolute atomic E-state index is 0.247. The zero-order chi connectivity index (χ0) is 11.1. The van der Waals surface area contributed by atoms with Gasteiger partial charge in [-0.1, -0.05) is 0 Å². The molecule has 0 aromatic carbocycles. The van der Waals surface area contributed by atoms with Crippen molar-refractivity contribution in [3.63, 3.8) is 0 Å². The van der Waals surface area contributed by atoms with Crippen LogP contribution in [0.1, 0.15) is 23.8 Å². The topological polar surface area (TPSA) is 87.0 Å². The third kappa shape index (κ3) is 3.99. The first kappa shape index (κ1) is 11.5. The summed E-state index contributed by atoms with van der Waals surface area (Å²) in [5, 5.41) is 7.43. The standard InChI is InChI=1S/C9H15N3O3/c1-2-15-5-3-4-10-9(14)7-6-8(13)12-11-7/h6H,2-5H2,1H3,(H,10,14)(H2,11,12,13). The molecule has 0 radical (unpaired) electrons. The van der Waals surface area contributed by atoms with Crippen molar-refractivity contribution >= 4 is 5.91 Å². The molecule has 1 heterocycles. The Morgan fingerprint density at radius 2 is 2.33 bits per heavy atom. The fourth-order valence-electron chi connectivity index (χ4n) is 1.07. The quantitative estimate of drug-likeness (QED) is 0.575. The molecular weight excluding hydrogens is 198 g/mol. The van der Waals surface area contributed by atoms with E-state index >= 15 is 0 Å². The first-order valence-electron chi connectivity index (χ1n) is 4.87. The largest absolute Gasteiger partial charge is 0.382 e. The number of nitrogens with one attached hydrogen (secondary N) is 3. The minimum atomic E-state index is -0.311. The molecule has 1 rings (SSSR count). The van der Waals surface area contributed by atoms with E-state index in [9.17, 15) is 9.59 Å². The van der Waals surface area contributed by atoms with Crippen LogP contribution < -0.4 is 10.9 Å². The molecule has 1 aromatic rings. The first-order valence-corrected chi connectivity index (χ1v) is 4.87. The second-order valence-electron chi connectivity index (χ2n) is 2.98. The molecule has 0 bridgehead atoms. The van der Waals surface area contributed by atoms with Crippen molar-refractivity contribution in [3.8, 4) is 0 Å². The zero-order valence-electron chi connectivity index (χ0n) is 8.63. The number of ether oxygens (including phenoxy) is 1. The van der Waals surface area contributed by atoms with Crippen LogP contribution in [-0.4, -0.2) is 35.9 Å². The Balaban J connectivity index is 2.22. The SMILES string of the molecule is CCOCCCNC(=O)c1cc(=O)[nH][nH]1. The summed E-state index contributed by atoms with van der Waals surface area (Å²) in [5.74, 6) is -0.287. The van der Waals surface area contributed by atoms with E-state index in [1.807, 2.05) is 6.92 Å². The second kappa shape index (κ2) is 6.02. The zero-order valence-corrected chi connectivity index (χ0v) is 8.63. The van der Waals surface area contributed by atoms with Gasteiger partial charge in [0.2, 0.25) is 0 Å². The van der Waals surface area contributed by atoms with Crippen molar-refractivity contribution in [1.29, 1.82) is 0 Å². The van der Waals surface area contributed by atoms with Gasteiger partial charge in [0.05, 0.1) is 0 Å². The molecule has 1 aromatic heterocycles. The smallest absolute Gasteiger partial charge is 0.269 e. The second-order valence-corrected chi connectivity index (χ2v) is 2.98. The number of rotatable bonds is 6. The van der Waals surface area contributed by atoms with E-state index in [1.165, 1.54) is 6.07 Å². The molecule has 0 aliphatic rings. The third-order valence-corrected chi connectivity index (χ3v) is 1.80. The van der Waals surface area contributed by atoms with Gasteiger partial charge >= 0.3 is 0 Å². The van der Waals surface area contributed by atoms with Gasteiger partial charge < -0.3 is 10.1 Å². The van der Waals surface area contributed by atoms with Gasteiger partial charge in [0, 0.05) is 25.8 Å². The predicted molar refractivity (Wildman–Crippen MR) is 54.9 cm³/mol. The molecule has 6 nitrogen and oxygen atoms in total. The van der Waals surface area contributed by atoms with Gasteiger partial charge in [-0.3, -0.25) is 19.8 Å². The number of aromatic nitrogens is 2. The highest BCUT2D eigenvalue weighted by Crippen LogP contribution is 1.87. The lowest BCUT2D eigenvalue weighted by Crippen LogP contribution is -2.25. The summed E-state index contributed by atoms with van der Waals surface area (Å²) in [7, 11) is 0. The normalized spacial score (nSPS) is 10.2. The lowest BCUT2D eigenvalue weighted by Gasteiger charge is -2.03. The monoisotopic (exact) mass is 213 g/mol. The number of amides is 1. The number of aromatic amines is 2. The van der Waals surface area contributed by atoms with Gasteiger partial charge in [-0.15, -0.1) is 0 Å². The van der Waals surface area contributed by atoms with E-state index < -0.39 is 0 Å². The van der Waals surface area contributed by atoms with Gasteiger partial charge in [-0.25, -0.2) is 0 Å². The van der Waals surface area contributed by atoms with Crippen LogP contribution in [0.2, 0.25) is 0 Å². The highest BCUT2D eigenvalue weighted by atomic mass is 16.5. The third-order valence-electron chi connectivity index (χ3n) is 1.80. The molecule has 0 saturated carbocycles. The van der Waals surface area contributed by atoms with Crippen LogP contribution in [0, 0.1) is 0 Å². The van der Waals surface area contributed by atoms with Crippen LogP contribution in [0.25, 0.3) is 0 Å². The number of H-pyrrole nitrogens is 2. The molecule has 0 aliphatic heterocycles. The van der Waals surface area contributed by atoms with Gasteiger partial charge in [-0.05, 0) is 13.3 Å². The maximum absolute atomic E-state index is 11.3. The highest BCUT2D eigenvalue weighted by molar-refractivity contribution is 5.91.